The van der Waals surface area contributed by atoms with Crippen LogP contribution in [-0.2, 0) is 4.74 Å². The summed E-state index contributed by atoms with van der Waals surface area (Å²) in [4.78, 5) is 0. The van der Waals surface area contributed by atoms with Crippen LogP contribution in [-0.4, -0.2) is 32.3 Å². The smallest absolute Gasteiger partial charge is 0.0588 e. The van der Waals surface area contributed by atoms with Crippen LogP contribution in [0.4, 0.5) is 0 Å². The zero-order valence-corrected chi connectivity index (χ0v) is 10.5. The Morgan fingerprint density at radius 1 is 1.06 bits per heavy atom. The van der Waals surface area contributed by atoms with Crippen LogP contribution in [0, 0.1) is 0 Å². The fourth-order valence-electron chi connectivity index (χ4n) is 2.18. The highest BCUT2D eigenvalue weighted by Gasteiger charge is 2.13. The number of nitrogens with two attached hydrogens (primary N) is 1. The van der Waals surface area contributed by atoms with Gasteiger partial charge in [-0.1, -0.05) is 19.3 Å². The lowest BCUT2D eigenvalue weighted by atomic mass is 10.1. The lowest BCUT2D eigenvalue weighted by molar-refractivity contribution is 0.104. The van der Waals surface area contributed by atoms with E-state index in [9.17, 15) is 0 Å². The molecule has 1 saturated heterocycles. The Bertz CT molecular complexity index is 147. The van der Waals surface area contributed by atoms with E-state index < -0.39 is 0 Å². The zero-order chi connectivity index (χ0) is 11.5. The van der Waals surface area contributed by atoms with Crippen LogP contribution in [0.1, 0.15) is 51.4 Å². The van der Waals surface area contributed by atoms with Crippen molar-refractivity contribution in [3.8, 4) is 0 Å². The molecule has 0 aliphatic carbocycles. The van der Waals surface area contributed by atoms with Gasteiger partial charge in [0.25, 0.3) is 0 Å². The second kappa shape index (κ2) is 10.1. The summed E-state index contributed by atoms with van der Waals surface area (Å²) in [6.45, 7) is 4.11. The van der Waals surface area contributed by atoms with Crippen LogP contribution >= 0.6 is 0 Å². The predicted octanol–water partition coefficient (Wildman–Crippen LogP) is 2.05. The molecule has 1 aliphatic heterocycles. The topological polar surface area (TPSA) is 47.3 Å². The van der Waals surface area contributed by atoms with Crippen molar-refractivity contribution < 1.29 is 4.74 Å². The summed E-state index contributed by atoms with van der Waals surface area (Å²) < 4.78 is 5.57. The van der Waals surface area contributed by atoms with Crippen LogP contribution in [0.5, 0.6) is 0 Å². The van der Waals surface area contributed by atoms with Gasteiger partial charge in [0.1, 0.15) is 0 Å². The van der Waals surface area contributed by atoms with E-state index in [1.165, 1.54) is 51.4 Å². The summed E-state index contributed by atoms with van der Waals surface area (Å²) in [7, 11) is 0. The lowest BCUT2D eigenvalue weighted by Crippen LogP contribution is -2.21. The molecule has 1 atom stereocenters. The third-order valence-corrected chi connectivity index (χ3v) is 3.22. The van der Waals surface area contributed by atoms with Crippen molar-refractivity contribution in [2.75, 3.05) is 26.2 Å². The first-order valence-electron chi connectivity index (χ1n) is 6.96. The minimum absolute atomic E-state index is 0.539. The van der Waals surface area contributed by atoms with Crippen LogP contribution in [0.2, 0.25) is 0 Å². The third kappa shape index (κ3) is 7.20. The number of rotatable bonds is 10. The van der Waals surface area contributed by atoms with E-state index >= 15 is 0 Å². The van der Waals surface area contributed by atoms with Crippen molar-refractivity contribution in [3.63, 3.8) is 0 Å². The molecule has 3 heteroatoms. The summed E-state index contributed by atoms with van der Waals surface area (Å²) >= 11 is 0. The molecule has 0 aromatic rings. The van der Waals surface area contributed by atoms with Gasteiger partial charge >= 0.3 is 0 Å². The number of nitrogens with one attached hydrogen (secondary N) is 1. The Morgan fingerprint density at radius 2 is 1.88 bits per heavy atom. The number of unbranched alkanes of at least 4 members (excludes halogenated alkanes) is 4. The Balaban J connectivity index is 1.71. The summed E-state index contributed by atoms with van der Waals surface area (Å²) in [5.41, 5.74) is 5.44. The second-order valence-electron chi connectivity index (χ2n) is 4.73. The summed E-state index contributed by atoms with van der Waals surface area (Å²) in [5.74, 6) is 0. The van der Waals surface area contributed by atoms with E-state index in [1.54, 1.807) is 0 Å². The SMILES string of the molecule is NCCCCCCCNCCC1CCCO1. The molecule has 1 rings (SSSR count). The van der Waals surface area contributed by atoms with Gasteiger partial charge in [-0.15, -0.1) is 0 Å². The maximum absolute atomic E-state index is 5.57. The maximum Gasteiger partial charge on any atom is 0.0588 e. The average molecular weight is 228 g/mol. The Labute approximate surface area is 100 Å². The second-order valence-corrected chi connectivity index (χ2v) is 4.73. The number of ether oxygens (including phenoxy) is 1. The fraction of sp³-hybridized carbons (Fsp3) is 1.00. The van der Waals surface area contributed by atoms with Crippen molar-refractivity contribution in [1.82, 2.24) is 5.32 Å². The van der Waals surface area contributed by atoms with Crippen LogP contribution < -0.4 is 11.1 Å². The van der Waals surface area contributed by atoms with Crippen molar-refractivity contribution in [1.29, 1.82) is 0 Å². The molecular weight excluding hydrogens is 200 g/mol. The molecule has 0 spiro atoms. The number of hydrogen-bond donors (Lipinski definition) is 2. The van der Waals surface area contributed by atoms with Crippen LogP contribution in [0.15, 0.2) is 0 Å². The molecule has 1 unspecified atom stereocenters. The monoisotopic (exact) mass is 228 g/mol. The van der Waals surface area contributed by atoms with Crippen LogP contribution in [0.3, 0.4) is 0 Å². The number of hydrogen-bond acceptors (Lipinski definition) is 3. The molecule has 3 nitrogen and oxygen atoms in total. The molecule has 96 valence electrons. The Morgan fingerprint density at radius 3 is 2.62 bits per heavy atom. The van der Waals surface area contributed by atoms with Gasteiger partial charge in [0, 0.05) is 6.61 Å². The molecule has 0 saturated carbocycles. The lowest BCUT2D eigenvalue weighted by Gasteiger charge is -2.09. The van der Waals surface area contributed by atoms with Crippen LogP contribution in [0.25, 0.3) is 0 Å². The molecule has 16 heavy (non-hydrogen) atoms. The van der Waals surface area contributed by atoms with E-state index in [1.807, 2.05) is 0 Å². The Hall–Kier alpha value is -0.120. The molecule has 0 radical (unpaired) electrons. The summed E-state index contributed by atoms with van der Waals surface area (Å²) in [6.07, 6.45) is 10.7. The first-order chi connectivity index (χ1) is 7.93. The van der Waals surface area contributed by atoms with Crippen molar-refractivity contribution >= 4 is 0 Å². The minimum Gasteiger partial charge on any atom is -0.378 e. The van der Waals surface area contributed by atoms with Gasteiger partial charge in [-0.2, -0.15) is 0 Å². The van der Waals surface area contributed by atoms with Crippen molar-refractivity contribution in [2.45, 2.75) is 57.5 Å². The molecule has 1 heterocycles. The van der Waals surface area contributed by atoms with Gasteiger partial charge in [-0.25, -0.2) is 0 Å². The van der Waals surface area contributed by atoms with E-state index in [0.29, 0.717) is 6.10 Å². The third-order valence-electron chi connectivity index (χ3n) is 3.22. The first kappa shape index (κ1) is 13.9. The molecule has 3 N–H and O–H groups in total. The largest absolute Gasteiger partial charge is 0.378 e. The molecule has 0 amide bonds. The van der Waals surface area contributed by atoms with Gasteiger partial charge in [0.15, 0.2) is 0 Å². The normalized spacial score (nSPS) is 20.4. The van der Waals surface area contributed by atoms with Gasteiger partial charge in [0.2, 0.25) is 0 Å². The highest BCUT2D eigenvalue weighted by atomic mass is 16.5. The molecule has 0 aromatic carbocycles. The Kier molecular flexibility index (Phi) is 8.77. The van der Waals surface area contributed by atoms with E-state index in [2.05, 4.69) is 5.32 Å². The van der Waals surface area contributed by atoms with Crippen molar-refractivity contribution in [3.05, 3.63) is 0 Å². The molecular formula is C13H28N2O. The van der Waals surface area contributed by atoms with E-state index in [-0.39, 0.29) is 0 Å². The zero-order valence-electron chi connectivity index (χ0n) is 10.5. The molecule has 1 aliphatic rings. The first-order valence-corrected chi connectivity index (χ1v) is 6.96. The quantitative estimate of drug-likeness (QED) is 0.563. The van der Waals surface area contributed by atoms with Gasteiger partial charge in [-0.05, 0) is 51.7 Å². The fourth-order valence-corrected chi connectivity index (χ4v) is 2.18. The van der Waals surface area contributed by atoms with E-state index in [0.717, 1.165) is 26.2 Å². The summed E-state index contributed by atoms with van der Waals surface area (Å²) in [5, 5.41) is 3.50. The van der Waals surface area contributed by atoms with Gasteiger partial charge in [0.05, 0.1) is 6.10 Å². The van der Waals surface area contributed by atoms with Gasteiger partial charge in [-0.3, -0.25) is 0 Å². The molecule has 0 aromatic heterocycles. The standard InChI is InChI=1S/C13H28N2O/c14-9-4-2-1-3-5-10-15-11-8-13-7-6-12-16-13/h13,15H,1-12,14H2. The van der Waals surface area contributed by atoms with Crippen molar-refractivity contribution in [2.24, 2.45) is 5.73 Å². The van der Waals surface area contributed by atoms with E-state index in [4.69, 9.17) is 10.5 Å². The minimum atomic E-state index is 0.539. The summed E-state index contributed by atoms with van der Waals surface area (Å²) in [6, 6.07) is 0. The van der Waals surface area contributed by atoms with Gasteiger partial charge < -0.3 is 15.8 Å². The maximum atomic E-state index is 5.57. The molecule has 1 fully saturated rings. The predicted molar refractivity (Wildman–Crippen MR) is 68.6 cm³/mol. The average Bonchev–Trinajstić information content (AvgIpc) is 2.80. The highest BCUT2D eigenvalue weighted by molar-refractivity contribution is 4.65. The molecule has 0 bridgehead atoms. The highest BCUT2D eigenvalue weighted by Crippen LogP contribution is 2.14.